The summed E-state index contributed by atoms with van der Waals surface area (Å²) < 4.78 is 5.56. The second-order valence-electron chi connectivity index (χ2n) is 10.1. The Kier molecular flexibility index (Phi) is 8.57. The number of nitrogens with one attached hydrogen (secondary N) is 3. The van der Waals surface area contributed by atoms with E-state index in [0.717, 1.165) is 31.5 Å². The molecule has 1 aromatic carbocycles. The van der Waals surface area contributed by atoms with Crippen LogP contribution in [-0.2, 0) is 25.5 Å². The smallest absolute Gasteiger partial charge is 0.243 e. The van der Waals surface area contributed by atoms with Crippen LogP contribution in [0.2, 0.25) is 0 Å². The molecule has 1 aromatic rings. The van der Waals surface area contributed by atoms with Crippen molar-refractivity contribution in [3.63, 3.8) is 0 Å². The van der Waals surface area contributed by atoms with Gasteiger partial charge in [-0.3, -0.25) is 19.3 Å². The Morgan fingerprint density at radius 3 is 2.66 bits per heavy atom. The quantitative estimate of drug-likeness (QED) is 0.564. The minimum Gasteiger partial charge on any atom is -0.381 e. The van der Waals surface area contributed by atoms with Crippen molar-refractivity contribution in [2.24, 2.45) is 11.3 Å². The minimum atomic E-state index is -0.641. The summed E-state index contributed by atoms with van der Waals surface area (Å²) >= 11 is 0. The Balaban J connectivity index is 1.58. The normalized spacial score (nSPS) is 28.5. The van der Waals surface area contributed by atoms with Gasteiger partial charge in [-0.25, -0.2) is 0 Å². The van der Waals surface area contributed by atoms with Crippen molar-refractivity contribution in [3.05, 3.63) is 48.0 Å². The number of hydrogen-bond donors (Lipinski definition) is 3. The molecule has 0 aliphatic carbocycles. The Morgan fingerprint density at radius 2 is 1.91 bits per heavy atom. The lowest BCUT2D eigenvalue weighted by Gasteiger charge is -2.40. The van der Waals surface area contributed by atoms with E-state index in [-0.39, 0.29) is 29.7 Å². The molecule has 0 unspecified atom stereocenters. The number of amides is 3. The number of hydrogen-bond acceptors (Lipinski definition) is 5. The minimum absolute atomic E-state index is 0.000250. The first-order valence-corrected chi connectivity index (χ1v) is 12.8. The van der Waals surface area contributed by atoms with Crippen LogP contribution in [0, 0.1) is 11.3 Å². The van der Waals surface area contributed by atoms with Gasteiger partial charge in [0.2, 0.25) is 17.7 Å². The molecule has 190 valence electrons. The third-order valence-electron chi connectivity index (χ3n) is 7.74. The number of carbonyl (C=O) groups is 3. The zero-order valence-corrected chi connectivity index (χ0v) is 20.6. The maximum atomic E-state index is 13.6. The molecule has 3 aliphatic rings. The Labute approximate surface area is 207 Å². The largest absolute Gasteiger partial charge is 0.381 e. The van der Waals surface area contributed by atoms with Gasteiger partial charge in [0, 0.05) is 45.8 Å². The van der Waals surface area contributed by atoms with E-state index in [9.17, 15) is 14.4 Å². The zero-order valence-electron chi connectivity index (χ0n) is 20.6. The Hall–Kier alpha value is -2.71. The third-order valence-corrected chi connectivity index (χ3v) is 7.74. The Bertz CT molecular complexity index is 913. The predicted octanol–water partition coefficient (Wildman–Crippen LogP) is 1.41. The van der Waals surface area contributed by atoms with Gasteiger partial charge in [0.1, 0.15) is 6.04 Å². The fraction of sp³-hybridized carbons (Fsp3) is 0.593. The van der Waals surface area contributed by atoms with Gasteiger partial charge in [-0.15, -0.1) is 0 Å². The summed E-state index contributed by atoms with van der Waals surface area (Å²) in [5.74, 6) is 0.0118. The average molecular weight is 483 g/mol. The van der Waals surface area contributed by atoms with Crippen molar-refractivity contribution < 1.29 is 19.1 Å². The summed E-state index contributed by atoms with van der Waals surface area (Å²) in [6.45, 7) is 2.97. The van der Waals surface area contributed by atoms with Crippen LogP contribution < -0.4 is 16.0 Å². The van der Waals surface area contributed by atoms with E-state index in [4.69, 9.17) is 4.74 Å². The second kappa shape index (κ2) is 11.8. The molecule has 8 nitrogen and oxygen atoms in total. The molecule has 2 fully saturated rings. The molecule has 3 amide bonds. The molecule has 1 spiro atoms. The molecule has 0 aromatic heterocycles. The highest BCUT2D eigenvalue weighted by atomic mass is 16.5. The summed E-state index contributed by atoms with van der Waals surface area (Å²) in [4.78, 5) is 41.2. The number of fused-ring (bicyclic) bond motifs is 1. The first-order valence-electron chi connectivity index (χ1n) is 12.8. The molecule has 3 atom stereocenters. The molecule has 2 saturated heterocycles. The van der Waals surface area contributed by atoms with Crippen molar-refractivity contribution in [3.8, 4) is 0 Å². The third kappa shape index (κ3) is 6.49. The first-order chi connectivity index (χ1) is 17.0. The summed E-state index contributed by atoms with van der Waals surface area (Å²) in [6, 6.07) is 9.19. The molecule has 0 bridgehead atoms. The van der Waals surface area contributed by atoms with Crippen molar-refractivity contribution in [1.82, 2.24) is 20.9 Å². The maximum Gasteiger partial charge on any atom is 0.243 e. The first kappa shape index (κ1) is 25.4. The van der Waals surface area contributed by atoms with E-state index in [1.54, 1.807) is 7.05 Å². The lowest BCUT2D eigenvalue weighted by atomic mass is 9.75. The number of rotatable bonds is 4. The molecular weight excluding hydrogens is 444 g/mol. The van der Waals surface area contributed by atoms with Crippen LogP contribution in [-0.4, -0.2) is 74.6 Å². The lowest BCUT2D eigenvalue weighted by Crippen LogP contribution is -2.58. The van der Waals surface area contributed by atoms with E-state index < -0.39 is 11.5 Å². The highest BCUT2D eigenvalue weighted by Gasteiger charge is 2.41. The number of nitrogens with zero attached hydrogens (tertiary/aromatic N) is 1. The molecule has 3 N–H and O–H groups in total. The predicted molar refractivity (Wildman–Crippen MR) is 133 cm³/mol. The van der Waals surface area contributed by atoms with Crippen molar-refractivity contribution in [1.29, 1.82) is 0 Å². The second-order valence-corrected chi connectivity index (χ2v) is 10.1. The van der Waals surface area contributed by atoms with E-state index >= 15 is 0 Å². The van der Waals surface area contributed by atoms with Gasteiger partial charge < -0.3 is 20.7 Å². The van der Waals surface area contributed by atoms with Gasteiger partial charge in [0.05, 0.1) is 12.0 Å². The van der Waals surface area contributed by atoms with Crippen LogP contribution >= 0.6 is 0 Å². The van der Waals surface area contributed by atoms with Gasteiger partial charge in [0.25, 0.3) is 0 Å². The van der Waals surface area contributed by atoms with E-state index in [1.165, 1.54) is 0 Å². The standard InChI is InChI=1S/C27H38N4O4/c1-28-24(32)19-31-14-10-22-21(18-31)9-5-6-11-27(12-15-35-16-13-27)26(34)30-23(25(33)29-22)17-20-7-3-2-4-8-20/h2-8,21-23H,9-19H2,1H3,(H,28,32)(H,29,33)(H,30,34)/b6-5+/t21-,22-,23+/m1/s1. The topological polar surface area (TPSA) is 99.8 Å². The number of piperidine rings is 1. The average Bonchev–Trinajstić information content (AvgIpc) is 2.88. The van der Waals surface area contributed by atoms with Gasteiger partial charge in [-0.2, -0.15) is 0 Å². The maximum absolute atomic E-state index is 13.6. The number of likely N-dealkylation sites (N-methyl/N-ethyl adjacent to an activating group) is 1. The van der Waals surface area contributed by atoms with Crippen molar-refractivity contribution in [2.75, 3.05) is 39.9 Å². The molecule has 8 heteroatoms. The van der Waals surface area contributed by atoms with Gasteiger partial charge in [-0.05, 0) is 43.6 Å². The van der Waals surface area contributed by atoms with Crippen LogP contribution in [0.15, 0.2) is 42.5 Å². The molecule has 3 aliphatic heterocycles. The number of allylic oxidation sites excluding steroid dienone is 2. The van der Waals surface area contributed by atoms with Crippen LogP contribution in [0.3, 0.4) is 0 Å². The highest BCUT2D eigenvalue weighted by Crippen LogP contribution is 2.36. The van der Waals surface area contributed by atoms with Gasteiger partial charge in [-0.1, -0.05) is 42.5 Å². The van der Waals surface area contributed by atoms with Crippen LogP contribution in [0.5, 0.6) is 0 Å². The van der Waals surface area contributed by atoms with Gasteiger partial charge >= 0.3 is 0 Å². The van der Waals surface area contributed by atoms with E-state index in [1.807, 2.05) is 30.3 Å². The molecule has 0 radical (unpaired) electrons. The van der Waals surface area contributed by atoms with Crippen molar-refractivity contribution >= 4 is 17.7 Å². The number of benzene rings is 1. The number of likely N-dealkylation sites (tertiary alicyclic amines) is 1. The number of carbonyl (C=O) groups excluding carboxylic acids is 3. The lowest BCUT2D eigenvalue weighted by molar-refractivity contribution is -0.140. The van der Waals surface area contributed by atoms with E-state index in [0.29, 0.717) is 45.4 Å². The van der Waals surface area contributed by atoms with Gasteiger partial charge in [0.15, 0.2) is 0 Å². The summed E-state index contributed by atoms with van der Waals surface area (Å²) in [5.41, 5.74) is 0.457. The van der Waals surface area contributed by atoms with E-state index in [2.05, 4.69) is 33.0 Å². The summed E-state index contributed by atoms with van der Waals surface area (Å²) in [7, 11) is 1.65. The van der Waals surface area contributed by atoms with Crippen LogP contribution in [0.1, 0.15) is 37.7 Å². The van der Waals surface area contributed by atoms with Crippen LogP contribution in [0.25, 0.3) is 0 Å². The van der Waals surface area contributed by atoms with Crippen LogP contribution in [0.4, 0.5) is 0 Å². The highest BCUT2D eigenvalue weighted by molar-refractivity contribution is 5.90. The molecule has 35 heavy (non-hydrogen) atoms. The zero-order chi connectivity index (χ0) is 24.7. The SMILES string of the molecule is CNC(=O)CN1CC[C@H]2NC(=O)[C@H](Cc3ccccc3)NC(=O)C3(C/C=C/C[C@@H]2C1)CCOCC3. The molecule has 0 saturated carbocycles. The summed E-state index contributed by atoms with van der Waals surface area (Å²) in [6.07, 6.45) is 8.24. The number of ether oxygens (including phenoxy) is 1. The Morgan fingerprint density at radius 1 is 1.14 bits per heavy atom. The monoisotopic (exact) mass is 482 g/mol. The fourth-order valence-corrected chi connectivity index (χ4v) is 5.48. The molecular formula is C27H38N4O4. The summed E-state index contributed by atoms with van der Waals surface area (Å²) in [5, 5.41) is 9.09. The van der Waals surface area contributed by atoms with Crippen molar-refractivity contribution in [2.45, 2.75) is 50.6 Å². The molecule has 4 rings (SSSR count). The molecule has 3 heterocycles. The fourth-order valence-electron chi connectivity index (χ4n) is 5.48.